The SMILES string of the molecule is CC(C)Oc1ccc(C(=O)CBr)nc1. The van der Waals surface area contributed by atoms with Gasteiger partial charge in [-0.1, -0.05) is 15.9 Å². The number of ketones is 1. The van der Waals surface area contributed by atoms with E-state index < -0.39 is 0 Å². The summed E-state index contributed by atoms with van der Waals surface area (Å²) in [6.45, 7) is 3.88. The van der Waals surface area contributed by atoms with Crippen LogP contribution in [0.2, 0.25) is 0 Å². The second-order valence-corrected chi connectivity index (χ2v) is 3.66. The molecule has 1 aromatic rings. The largest absolute Gasteiger partial charge is 0.489 e. The number of carbonyl (C=O) groups is 1. The number of nitrogens with zero attached hydrogens (tertiary/aromatic N) is 1. The number of alkyl halides is 1. The Morgan fingerprint density at radius 3 is 2.71 bits per heavy atom. The van der Waals surface area contributed by atoms with Crippen molar-refractivity contribution in [2.45, 2.75) is 20.0 Å². The van der Waals surface area contributed by atoms with Gasteiger partial charge in [0.05, 0.1) is 17.6 Å². The molecule has 1 rings (SSSR count). The van der Waals surface area contributed by atoms with Gasteiger partial charge in [-0.15, -0.1) is 0 Å². The van der Waals surface area contributed by atoms with Crippen LogP contribution in [0.4, 0.5) is 0 Å². The predicted molar refractivity (Wildman–Crippen MR) is 58.1 cm³/mol. The standard InChI is InChI=1S/C10H12BrNO2/c1-7(2)14-8-3-4-9(12-6-8)10(13)5-11/h3-4,6-7H,5H2,1-2H3. The number of hydrogen-bond acceptors (Lipinski definition) is 3. The van der Waals surface area contributed by atoms with Crippen molar-refractivity contribution in [1.82, 2.24) is 4.98 Å². The van der Waals surface area contributed by atoms with E-state index in [1.165, 1.54) is 0 Å². The number of pyridine rings is 1. The van der Waals surface area contributed by atoms with E-state index in [2.05, 4.69) is 20.9 Å². The molecule has 4 heteroatoms. The van der Waals surface area contributed by atoms with Gasteiger partial charge < -0.3 is 4.74 Å². The van der Waals surface area contributed by atoms with Crippen molar-refractivity contribution in [3.63, 3.8) is 0 Å². The van der Waals surface area contributed by atoms with Crippen molar-refractivity contribution in [3.8, 4) is 5.75 Å². The Kier molecular flexibility index (Phi) is 4.07. The summed E-state index contributed by atoms with van der Waals surface area (Å²) >= 11 is 3.09. The van der Waals surface area contributed by atoms with E-state index in [1.54, 1.807) is 18.3 Å². The van der Waals surface area contributed by atoms with Crippen LogP contribution in [0.3, 0.4) is 0 Å². The fraction of sp³-hybridized carbons (Fsp3) is 0.400. The molecule has 0 bridgehead atoms. The van der Waals surface area contributed by atoms with Gasteiger partial charge >= 0.3 is 0 Å². The molecular weight excluding hydrogens is 246 g/mol. The van der Waals surface area contributed by atoms with E-state index in [9.17, 15) is 4.79 Å². The molecule has 14 heavy (non-hydrogen) atoms. The number of ether oxygens (including phenoxy) is 1. The smallest absolute Gasteiger partial charge is 0.191 e. The summed E-state index contributed by atoms with van der Waals surface area (Å²) in [5.41, 5.74) is 0.456. The fourth-order valence-corrected chi connectivity index (χ4v) is 1.24. The summed E-state index contributed by atoms with van der Waals surface area (Å²) < 4.78 is 5.40. The van der Waals surface area contributed by atoms with E-state index in [-0.39, 0.29) is 11.9 Å². The van der Waals surface area contributed by atoms with E-state index in [0.717, 1.165) is 0 Å². The highest BCUT2D eigenvalue weighted by Crippen LogP contribution is 2.11. The van der Waals surface area contributed by atoms with Crippen molar-refractivity contribution in [3.05, 3.63) is 24.0 Å². The van der Waals surface area contributed by atoms with Gasteiger partial charge in [0.1, 0.15) is 11.4 Å². The van der Waals surface area contributed by atoms with Gasteiger partial charge in [-0.3, -0.25) is 4.79 Å². The maximum absolute atomic E-state index is 11.2. The Hall–Kier alpha value is -0.900. The zero-order valence-electron chi connectivity index (χ0n) is 8.16. The van der Waals surface area contributed by atoms with Crippen molar-refractivity contribution < 1.29 is 9.53 Å². The summed E-state index contributed by atoms with van der Waals surface area (Å²) in [5, 5.41) is 0.296. The first-order valence-corrected chi connectivity index (χ1v) is 5.47. The molecule has 0 fully saturated rings. The maximum Gasteiger partial charge on any atom is 0.191 e. The Bertz CT molecular complexity index is 308. The molecular formula is C10H12BrNO2. The molecule has 0 aliphatic carbocycles. The van der Waals surface area contributed by atoms with E-state index >= 15 is 0 Å². The number of aromatic nitrogens is 1. The van der Waals surface area contributed by atoms with Gasteiger partial charge in [-0.25, -0.2) is 4.98 Å². The molecule has 3 nitrogen and oxygen atoms in total. The van der Waals surface area contributed by atoms with Crippen LogP contribution in [0.25, 0.3) is 0 Å². The van der Waals surface area contributed by atoms with Crippen molar-refractivity contribution >= 4 is 21.7 Å². The topological polar surface area (TPSA) is 39.2 Å². The lowest BCUT2D eigenvalue weighted by molar-refractivity contribution is 0.101. The highest BCUT2D eigenvalue weighted by atomic mass is 79.9. The molecule has 0 aliphatic heterocycles. The quantitative estimate of drug-likeness (QED) is 0.615. The molecule has 0 spiro atoms. The van der Waals surface area contributed by atoms with Crippen molar-refractivity contribution in [2.75, 3.05) is 5.33 Å². The van der Waals surface area contributed by atoms with Gasteiger partial charge in [0.15, 0.2) is 5.78 Å². The van der Waals surface area contributed by atoms with Gasteiger partial charge in [0, 0.05) is 0 Å². The molecule has 0 aromatic carbocycles. The summed E-state index contributed by atoms with van der Waals surface area (Å²) in [4.78, 5) is 15.2. The van der Waals surface area contributed by atoms with Crippen LogP contribution in [0.5, 0.6) is 5.75 Å². The lowest BCUT2D eigenvalue weighted by Crippen LogP contribution is -2.07. The molecule has 0 atom stereocenters. The molecule has 0 amide bonds. The molecule has 0 unspecified atom stereocenters. The minimum Gasteiger partial charge on any atom is -0.489 e. The Morgan fingerprint density at radius 2 is 2.29 bits per heavy atom. The van der Waals surface area contributed by atoms with Crippen LogP contribution in [-0.4, -0.2) is 22.2 Å². The lowest BCUT2D eigenvalue weighted by atomic mass is 10.3. The third kappa shape index (κ3) is 3.10. The molecule has 0 aliphatic rings. The predicted octanol–water partition coefficient (Wildman–Crippen LogP) is 2.45. The summed E-state index contributed by atoms with van der Waals surface area (Å²) in [7, 11) is 0. The van der Waals surface area contributed by atoms with E-state index in [0.29, 0.717) is 16.8 Å². The highest BCUT2D eigenvalue weighted by molar-refractivity contribution is 9.09. The third-order valence-corrected chi connectivity index (χ3v) is 2.02. The van der Waals surface area contributed by atoms with E-state index in [4.69, 9.17) is 4.74 Å². The average Bonchev–Trinajstić information content (AvgIpc) is 2.17. The van der Waals surface area contributed by atoms with Gasteiger partial charge in [-0.2, -0.15) is 0 Å². The maximum atomic E-state index is 11.2. The molecule has 1 aromatic heterocycles. The zero-order chi connectivity index (χ0) is 10.6. The van der Waals surface area contributed by atoms with Crippen molar-refractivity contribution in [2.24, 2.45) is 0 Å². The third-order valence-electron chi connectivity index (χ3n) is 1.52. The number of hydrogen-bond donors (Lipinski definition) is 0. The molecule has 0 saturated heterocycles. The second-order valence-electron chi connectivity index (χ2n) is 3.10. The number of halogens is 1. The van der Waals surface area contributed by atoms with Crippen LogP contribution < -0.4 is 4.74 Å². The lowest BCUT2D eigenvalue weighted by Gasteiger charge is -2.08. The molecule has 1 heterocycles. The van der Waals surface area contributed by atoms with Crippen LogP contribution in [0, 0.1) is 0 Å². The molecule has 0 saturated carbocycles. The summed E-state index contributed by atoms with van der Waals surface area (Å²) in [5.74, 6) is 0.659. The van der Waals surface area contributed by atoms with Crippen LogP contribution in [0.1, 0.15) is 24.3 Å². The Balaban J connectivity index is 2.73. The van der Waals surface area contributed by atoms with Gasteiger partial charge in [0.2, 0.25) is 0 Å². The fourth-order valence-electron chi connectivity index (χ4n) is 0.956. The van der Waals surface area contributed by atoms with Gasteiger partial charge in [-0.05, 0) is 26.0 Å². The van der Waals surface area contributed by atoms with Crippen LogP contribution in [0.15, 0.2) is 18.3 Å². The van der Waals surface area contributed by atoms with E-state index in [1.807, 2.05) is 13.8 Å². The summed E-state index contributed by atoms with van der Waals surface area (Å²) in [6.07, 6.45) is 1.69. The normalized spacial score (nSPS) is 10.3. The molecule has 0 radical (unpaired) electrons. The number of rotatable bonds is 4. The Labute approximate surface area is 91.6 Å². The average molecular weight is 258 g/mol. The zero-order valence-corrected chi connectivity index (χ0v) is 9.74. The minimum absolute atomic E-state index is 0.0268. The van der Waals surface area contributed by atoms with Crippen LogP contribution >= 0.6 is 15.9 Å². The van der Waals surface area contributed by atoms with Crippen molar-refractivity contribution in [1.29, 1.82) is 0 Å². The first-order chi connectivity index (χ1) is 6.63. The number of Topliss-reactive ketones (excluding diaryl/α,β-unsaturated/α-hetero) is 1. The second kappa shape index (κ2) is 5.10. The first kappa shape index (κ1) is 11.2. The number of carbonyl (C=O) groups excluding carboxylic acids is 1. The summed E-state index contributed by atoms with van der Waals surface area (Å²) in [6, 6.07) is 3.42. The first-order valence-electron chi connectivity index (χ1n) is 4.35. The Morgan fingerprint density at radius 1 is 1.57 bits per heavy atom. The molecule has 0 N–H and O–H groups in total. The monoisotopic (exact) mass is 257 g/mol. The highest BCUT2D eigenvalue weighted by Gasteiger charge is 2.05. The van der Waals surface area contributed by atoms with Gasteiger partial charge in [0.25, 0.3) is 0 Å². The molecule has 76 valence electrons. The minimum atomic E-state index is -0.0268. The van der Waals surface area contributed by atoms with Crippen LogP contribution in [-0.2, 0) is 0 Å².